The third kappa shape index (κ3) is 2.69. The molecule has 1 aliphatic heterocycles. The van der Waals surface area contributed by atoms with E-state index in [0.29, 0.717) is 13.0 Å². The summed E-state index contributed by atoms with van der Waals surface area (Å²) in [5.74, 6) is -0.150. The van der Waals surface area contributed by atoms with Crippen molar-refractivity contribution in [3.8, 4) is 0 Å². The minimum atomic E-state index is -0.495. The van der Waals surface area contributed by atoms with Crippen molar-refractivity contribution in [2.24, 2.45) is 0 Å². The number of amides is 3. The van der Waals surface area contributed by atoms with Crippen molar-refractivity contribution in [1.82, 2.24) is 10.6 Å². The number of carbonyl (C=O) groups is 2. The predicted molar refractivity (Wildman–Crippen MR) is 87.0 cm³/mol. The number of hydrogen-bond acceptors (Lipinski definition) is 3. The molecule has 0 fully saturated rings. The lowest BCUT2D eigenvalue weighted by molar-refractivity contribution is -0.121. The van der Waals surface area contributed by atoms with Gasteiger partial charge < -0.3 is 10.6 Å². The molecule has 0 aliphatic carbocycles. The van der Waals surface area contributed by atoms with Crippen LogP contribution in [0.5, 0.6) is 0 Å². The second kappa shape index (κ2) is 6.19. The first-order chi connectivity index (χ1) is 10.7. The van der Waals surface area contributed by atoms with E-state index >= 15 is 0 Å². The molecule has 1 aromatic carbocycles. The molecule has 1 unspecified atom stereocenters. The molecule has 22 heavy (non-hydrogen) atoms. The summed E-state index contributed by atoms with van der Waals surface area (Å²) in [4.78, 5) is 27.3. The van der Waals surface area contributed by atoms with Gasteiger partial charge in [0.15, 0.2) is 0 Å². The quantitative estimate of drug-likeness (QED) is 0.911. The Morgan fingerprint density at radius 2 is 2.09 bits per heavy atom. The molecule has 5 nitrogen and oxygen atoms in total. The molecular weight excluding hydrogens is 298 g/mol. The first kappa shape index (κ1) is 14.6. The van der Waals surface area contributed by atoms with Crippen LogP contribution in [-0.2, 0) is 17.8 Å². The number of anilines is 1. The number of thiophene rings is 1. The maximum atomic E-state index is 12.6. The van der Waals surface area contributed by atoms with Crippen LogP contribution in [0.15, 0.2) is 41.8 Å². The molecule has 6 heteroatoms. The number of para-hydroxylation sites is 1. The van der Waals surface area contributed by atoms with E-state index < -0.39 is 6.04 Å². The molecule has 0 spiro atoms. The zero-order chi connectivity index (χ0) is 15.5. The number of hydrogen-bond donors (Lipinski definition) is 2. The van der Waals surface area contributed by atoms with Crippen molar-refractivity contribution in [2.75, 3.05) is 11.9 Å². The highest BCUT2D eigenvalue weighted by Crippen LogP contribution is 2.32. The number of likely N-dealkylation sites (N-methyl/N-ethyl adjacent to an activating group) is 1. The van der Waals surface area contributed by atoms with Gasteiger partial charge in [-0.2, -0.15) is 0 Å². The second-order valence-corrected chi connectivity index (χ2v) is 6.10. The van der Waals surface area contributed by atoms with E-state index in [4.69, 9.17) is 0 Å². The van der Waals surface area contributed by atoms with Crippen LogP contribution < -0.4 is 15.5 Å². The Kier molecular flexibility index (Phi) is 4.11. The van der Waals surface area contributed by atoms with Crippen LogP contribution in [0, 0.1) is 0 Å². The SMILES string of the molecule is CNC(=O)C1Cc2ccccc2N1C(=O)NCc1cccs1. The largest absolute Gasteiger partial charge is 0.357 e. The molecule has 1 atom stereocenters. The van der Waals surface area contributed by atoms with Gasteiger partial charge in [-0.1, -0.05) is 24.3 Å². The van der Waals surface area contributed by atoms with E-state index in [9.17, 15) is 9.59 Å². The number of carbonyl (C=O) groups excluding carboxylic acids is 2. The fourth-order valence-corrected chi connectivity index (χ4v) is 3.32. The second-order valence-electron chi connectivity index (χ2n) is 5.07. The van der Waals surface area contributed by atoms with Gasteiger partial charge in [-0.3, -0.25) is 9.69 Å². The number of rotatable bonds is 3. The van der Waals surface area contributed by atoms with Crippen LogP contribution in [0.1, 0.15) is 10.4 Å². The lowest BCUT2D eigenvalue weighted by Gasteiger charge is -2.24. The third-order valence-corrected chi connectivity index (χ3v) is 4.61. The summed E-state index contributed by atoms with van der Waals surface area (Å²) in [7, 11) is 1.59. The van der Waals surface area contributed by atoms with Crippen LogP contribution in [0.2, 0.25) is 0 Å². The van der Waals surface area contributed by atoms with Gasteiger partial charge in [0.05, 0.1) is 6.54 Å². The minimum absolute atomic E-state index is 0.150. The molecule has 0 radical (unpaired) electrons. The van der Waals surface area contributed by atoms with Gasteiger partial charge in [-0.25, -0.2) is 4.79 Å². The van der Waals surface area contributed by atoms with Gasteiger partial charge in [0.25, 0.3) is 0 Å². The Labute approximate surface area is 132 Å². The molecule has 3 rings (SSSR count). The summed E-state index contributed by atoms with van der Waals surface area (Å²) in [6.45, 7) is 0.468. The van der Waals surface area contributed by atoms with Crippen molar-refractivity contribution < 1.29 is 9.59 Å². The standard InChI is InChI=1S/C16H17N3O2S/c1-17-15(20)14-9-11-5-2-3-7-13(11)19(14)16(21)18-10-12-6-4-8-22-12/h2-8,14H,9-10H2,1H3,(H,17,20)(H,18,21). The highest BCUT2D eigenvalue weighted by molar-refractivity contribution is 7.09. The van der Waals surface area contributed by atoms with E-state index in [-0.39, 0.29) is 11.9 Å². The lowest BCUT2D eigenvalue weighted by atomic mass is 10.1. The summed E-state index contributed by atoms with van der Waals surface area (Å²) >= 11 is 1.59. The zero-order valence-corrected chi connectivity index (χ0v) is 13.0. The number of benzene rings is 1. The smallest absolute Gasteiger partial charge is 0.322 e. The Morgan fingerprint density at radius 1 is 1.27 bits per heavy atom. The van der Waals surface area contributed by atoms with Gasteiger partial charge in [-0.15, -0.1) is 11.3 Å². The third-order valence-electron chi connectivity index (χ3n) is 3.74. The topological polar surface area (TPSA) is 61.4 Å². The van der Waals surface area contributed by atoms with Gasteiger partial charge in [0.2, 0.25) is 5.91 Å². The fourth-order valence-electron chi connectivity index (χ4n) is 2.67. The Morgan fingerprint density at radius 3 is 2.82 bits per heavy atom. The Bertz CT molecular complexity index is 684. The van der Waals surface area contributed by atoms with Crippen LogP contribution in [0.25, 0.3) is 0 Å². The first-order valence-corrected chi connectivity index (χ1v) is 7.97. The van der Waals surface area contributed by atoms with E-state index in [0.717, 1.165) is 16.1 Å². The highest BCUT2D eigenvalue weighted by Gasteiger charge is 2.37. The van der Waals surface area contributed by atoms with Gasteiger partial charge >= 0.3 is 6.03 Å². The van der Waals surface area contributed by atoms with E-state index in [1.54, 1.807) is 23.3 Å². The number of fused-ring (bicyclic) bond motifs is 1. The molecule has 114 valence electrons. The number of urea groups is 1. The van der Waals surface area contributed by atoms with Gasteiger partial charge in [0.1, 0.15) is 6.04 Å². The molecule has 1 aromatic heterocycles. The van der Waals surface area contributed by atoms with E-state index in [1.807, 2.05) is 41.8 Å². The van der Waals surface area contributed by atoms with E-state index in [1.165, 1.54) is 0 Å². The number of nitrogens with one attached hydrogen (secondary N) is 2. The maximum Gasteiger partial charge on any atom is 0.322 e. The normalized spacial score (nSPS) is 16.2. The van der Waals surface area contributed by atoms with Crippen LogP contribution in [0.4, 0.5) is 10.5 Å². The molecule has 1 aliphatic rings. The van der Waals surface area contributed by atoms with Crippen molar-refractivity contribution >= 4 is 29.0 Å². The molecule has 0 saturated heterocycles. The number of nitrogens with zero attached hydrogens (tertiary/aromatic N) is 1. The van der Waals surface area contributed by atoms with Crippen molar-refractivity contribution in [3.63, 3.8) is 0 Å². The molecule has 2 N–H and O–H groups in total. The van der Waals surface area contributed by atoms with Crippen LogP contribution >= 0.6 is 11.3 Å². The summed E-state index contributed by atoms with van der Waals surface area (Å²) in [6, 6.07) is 10.8. The van der Waals surface area contributed by atoms with Crippen LogP contribution in [-0.4, -0.2) is 25.0 Å². The average Bonchev–Trinajstić information content (AvgIpc) is 3.18. The van der Waals surface area contributed by atoms with Crippen molar-refractivity contribution in [2.45, 2.75) is 19.0 Å². The Balaban J connectivity index is 1.81. The molecule has 2 aromatic rings. The average molecular weight is 315 g/mol. The maximum absolute atomic E-state index is 12.6. The molecule has 2 heterocycles. The molecular formula is C16H17N3O2S. The lowest BCUT2D eigenvalue weighted by Crippen LogP contribution is -2.50. The fraction of sp³-hybridized carbons (Fsp3) is 0.250. The summed E-state index contributed by atoms with van der Waals surface area (Å²) in [6.07, 6.45) is 0.544. The zero-order valence-electron chi connectivity index (χ0n) is 12.2. The van der Waals surface area contributed by atoms with Crippen LogP contribution in [0.3, 0.4) is 0 Å². The summed E-state index contributed by atoms with van der Waals surface area (Å²) < 4.78 is 0. The highest BCUT2D eigenvalue weighted by atomic mass is 32.1. The predicted octanol–water partition coefficient (Wildman–Crippen LogP) is 2.13. The van der Waals surface area contributed by atoms with Crippen molar-refractivity contribution in [3.05, 3.63) is 52.2 Å². The first-order valence-electron chi connectivity index (χ1n) is 7.09. The molecule has 3 amide bonds. The van der Waals surface area contributed by atoms with Crippen molar-refractivity contribution in [1.29, 1.82) is 0 Å². The summed E-state index contributed by atoms with van der Waals surface area (Å²) in [5, 5.41) is 7.50. The molecule has 0 bridgehead atoms. The van der Waals surface area contributed by atoms with Gasteiger partial charge in [-0.05, 0) is 23.1 Å². The minimum Gasteiger partial charge on any atom is -0.357 e. The van der Waals surface area contributed by atoms with E-state index in [2.05, 4.69) is 10.6 Å². The molecule has 0 saturated carbocycles. The van der Waals surface area contributed by atoms with Gasteiger partial charge in [0, 0.05) is 24.0 Å². The summed E-state index contributed by atoms with van der Waals surface area (Å²) in [5.41, 5.74) is 1.82. The Hall–Kier alpha value is -2.34. The monoisotopic (exact) mass is 315 g/mol.